The van der Waals surface area contributed by atoms with Crippen molar-refractivity contribution >= 4 is 23.8 Å². The van der Waals surface area contributed by atoms with Crippen molar-refractivity contribution in [1.82, 2.24) is 10.2 Å². The van der Waals surface area contributed by atoms with Gasteiger partial charge in [0.2, 0.25) is 0 Å². The van der Waals surface area contributed by atoms with E-state index in [1.807, 2.05) is 6.21 Å². The Labute approximate surface area is 232 Å². The van der Waals surface area contributed by atoms with E-state index < -0.39 is 0 Å². The molecule has 0 aromatic rings. The van der Waals surface area contributed by atoms with Crippen LogP contribution in [0.4, 0.5) is 0 Å². The highest BCUT2D eigenvalue weighted by atomic mass is 32.2. The van der Waals surface area contributed by atoms with Crippen molar-refractivity contribution in [1.29, 1.82) is 0 Å². The topological polar surface area (TPSA) is 69.5 Å². The Bertz CT molecular complexity index is 718. The summed E-state index contributed by atoms with van der Waals surface area (Å²) in [5, 5.41) is 11.5. The summed E-state index contributed by atoms with van der Waals surface area (Å²) in [6, 6.07) is 0.576. The van der Waals surface area contributed by atoms with Gasteiger partial charge in [0, 0.05) is 38.7 Å². The summed E-state index contributed by atoms with van der Waals surface area (Å²) in [6.45, 7) is 14.8. The van der Waals surface area contributed by atoms with Gasteiger partial charge >= 0.3 is 0 Å². The number of hydrogen-bond donors (Lipinski definition) is 2. The lowest BCUT2D eigenvalue weighted by atomic mass is 9.86. The number of hydrogen-bond acceptors (Lipinski definition) is 6. The number of terminal acetylenes is 1. The zero-order chi connectivity index (χ0) is 28.1. The van der Waals surface area contributed by atoms with E-state index in [9.17, 15) is 0 Å². The van der Waals surface area contributed by atoms with Crippen LogP contribution < -0.4 is 5.32 Å². The Hall–Kier alpha value is -1.75. The largest absolute Gasteiger partial charge is 0.400 e. The summed E-state index contributed by atoms with van der Waals surface area (Å²) < 4.78 is 5.87. The Morgan fingerprint density at radius 3 is 2.35 bits per heavy atom. The van der Waals surface area contributed by atoms with E-state index in [0.29, 0.717) is 12.6 Å². The summed E-state index contributed by atoms with van der Waals surface area (Å²) in [7, 11) is 3.27. The molecule has 0 radical (unpaired) electrons. The highest BCUT2D eigenvalue weighted by molar-refractivity contribution is 8.03. The van der Waals surface area contributed by atoms with Gasteiger partial charge in [-0.25, -0.2) is 0 Å². The van der Waals surface area contributed by atoms with Gasteiger partial charge in [0.1, 0.15) is 5.70 Å². The molecule has 2 aliphatic rings. The third-order valence-electron chi connectivity index (χ3n) is 6.56. The zero-order valence-electron chi connectivity index (χ0n) is 24.5. The first-order valence-corrected chi connectivity index (χ1v) is 15.0. The second kappa shape index (κ2) is 22.3. The van der Waals surface area contributed by atoms with Gasteiger partial charge in [-0.15, -0.1) is 24.6 Å². The molecule has 1 heterocycles. The smallest absolute Gasteiger partial charge is 0.154 e. The highest BCUT2D eigenvalue weighted by Gasteiger charge is 2.26. The van der Waals surface area contributed by atoms with Crippen molar-refractivity contribution in [2.24, 2.45) is 15.9 Å². The molecular weight excluding hydrogens is 480 g/mol. The predicted molar refractivity (Wildman–Crippen MR) is 164 cm³/mol. The number of aliphatic hydroxyl groups excluding tert-OH is 1. The van der Waals surface area contributed by atoms with Crippen molar-refractivity contribution in [3.8, 4) is 12.8 Å². The van der Waals surface area contributed by atoms with Crippen molar-refractivity contribution in [3.05, 3.63) is 23.0 Å². The lowest BCUT2D eigenvalue weighted by molar-refractivity contribution is 0.118. The number of nitrogens with one attached hydrogen (secondary N) is 1. The third-order valence-corrected chi connectivity index (χ3v) is 7.62. The van der Waals surface area contributed by atoms with Crippen LogP contribution in [0.5, 0.6) is 0 Å². The summed E-state index contributed by atoms with van der Waals surface area (Å²) in [4.78, 5) is 12.6. The first-order chi connectivity index (χ1) is 18.0. The fraction of sp³-hybridized carbons (Fsp3) is 0.733. The van der Waals surface area contributed by atoms with Gasteiger partial charge in [-0.2, -0.15) is 0 Å². The van der Waals surface area contributed by atoms with Gasteiger partial charge in [0.05, 0.1) is 17.7 Å². The summed E-state index contributed by atoms with van der Waals surface area (Å²) >= 11 is 1.76. The van der Waals surface area contributed by atoms with Gasteiger partial charge in [-0.3, -0.25) is 9.98 Å². The lowest BCUT2D eigenvalue weighted by Crippen LogP contribution is -2.36. The second-order valence-electron chi connectivity index (χ2n) is 9.51. The van der Waals surface area contributed by atoms with Gasteiger partial charge in [0.15, 0.2) is 5.84 Å². The normalized spacial score (nSPS) is 22.3. The Morgan fingerprint density at radius 2 is 1.81 bits per heavy atom. The molecule has 0 aromatic heterocycles. The van der Waals surface area contributed by atoms with E-state index in [-0.39, 0.29) is 6.10 Å². The van der Waals surface area contributed by atoms with Crippen LogP contribution in [0.3, 0.4) is 0 Å². The molecular formula is C30H54N4O2S. The van der Waals surface area contributed by atoms with E-state index in [0.717, 1.165) is 80.5 Å². The van der Waals surface area contributed by atoms with E-state index >= 15 is 0 Å². The molecule has 0 aromatic carbocycles. The molecule has 6 nitrogen and oxygen atoms in total. The van der Waals surface area contributed by atoms with Gasteiger partial charge in [-0.05, 0) is 69.5 Å². The molecule has 2 N–H and O–H groups in total. The summed E-state index contributed by atoms with van der Waals surface area (Å²) in [5.74, 6) is 2.74. The standard InChI is InChI=1S/C27H48N4OS.C2H2.CH4O/c1-7-11-25(31(6)23-15-13-21(4)14-16-23)26(28-17-8-2)27(30-22(5)33-19-9-3)29-20-24-12-10-18-32-24;2*1-2/h17,21,23-24H,5,7-16,18-20H2,1-4,6H3,(H,29,30);1-2H;2H,1H3/b26-25-,28-17?;;/t21?,23?,24-;;/m1../s1. The molecule has 0 unspecified atom stereocenters. The van der Waals surface area contributed by atoms with Crippen LogP contribution in [0, 0.1) is 18.8 Å². The highest BCUT2D eigenvalue weighted by Crippen LogP contribution is 2.31. The molecule has 0 amide bonds. The lowest BCUT2D eigenvalue weighted by Gasteiger charge is -2.37. The summed E-state index contributed by atoms with van der Waals surface area (Å²) in [6.07, 6.45) is 21.7. The van der Waals surface area contributed by atoms with E-state index in [1.54, 1.807) is 11.8 Å². The van der Waals surface area contributed by atoms with E-state index in [2.05, 4.69) is 64.4 Å². The molecule has 1 atom stereocenters. The molecule has 0 bridgehead atoms. The van der Waals surface area contributed by atoms with Gasteiger partial charge < -0.3 is 20.1 Å². The molecule has 0 spiro atoms. The number of thioether (sulfide) groups is 1. The molecule has 7 heteroatoms. The minimum atomic E-state index is 0.210. The first kappa shape index (κ1) is 35.2. The van der Waals surface area contributed by atoms with Gasteiger partial charge in [0.25, 0.3) is 0 Å². The van der Waals surface area contributed by atoms with Crippen LogP contribution in [0.2, 0.25) is 0 Å². The molecule has 2 rings (SSSR count). The maximum absolute atomic E-state index is 7.00. The Balaban J connectivity index is 0.00000308. The number of aliphatic hydroxyl groups is 1. The molecule has 1 saturated carbocycles. The van der Waals surface area contributed by atoms with Crippen molar-refractivity contribution in [2.45, 2.75) is 104 Å². The maximum Gasteiger partial charge on any atom is 0.154 e. The number of rotatable bonds is 13. The zero-order valence-corrected chi connectivity index (χ0v) is 25.3. The monoisotopic (exact) mass is 534 g/mol. The van der Waals surface area contributed by atoms with Crippen LogP contribution >= 0.6 is 11.8 Å². The molecule has 212 valence electrons. The molecule has 1 saturated heterocycles. The fourth-order valence-electron chi connectivity index (χ4n) is 4.55. The molecule has 2 fully saturated rings. The SMILES string of the molecule is C#C.C=C(NC(=NC[C@H]1CCCO1)/C(N=CCC)=C(\CCC)N(C)C1CCC(C)CC1)SCCC.CO. The Morgan fingerprint density at radius 1 is 1.14 bits per heavy atom. The van der Waals surface area contributed by atoms with Crippen LogP contribution in [0.25, 0.3) is 0 Å². The molecule has 1 aliphatic heterocycles. The predicted octanol–water partition coefficient (Wildman–Crippen LogP) is 6.63. The van der Waals surface area contributed by atoms with Crippen molar-refractivity contribution in [2.75, 3.05) is 33.1 Å². The third kappa shape index (κ3) is 13.6. The minimum absolute atomic E-state index is 0.210. The van der Waals surface area contributed by atoms with Crippen molar-refractivity contribution in [3.63, 3.8) is 0 Å². The number of aliphatic imine (C=N–C) groups is 2. The maximum atomic E-state index is 7.00. The second-order valence-corrected chi connectivity index (χ2v) is 10.7. The number of amidine groups is 1. The number of nitrogens with zero attached hydrogens (tertiary/aromatic N) is 3. The molecule has 37 heavy (non-hydrogen) atoms. The van der Waals surface area contributed by atoms with Crippen molar-refractivity contribution < 1.29 is 9.84 Å². The van der Waals surface area contributed by atoms with Gasteiger partial charge in [-0.1, -0.05) is 40.7 Å². The average Bonchev–Trinajstić information content (AvgIpc) is 3.46. The summed E-state index contributed by atoms with van der Waals surface area (Å²) in [5.41, 5.74) is 2.28. The van der Waals surface area contributed by atoms with E-state index in [4.69, 9.17) is 19.8 Å². The van der Waals surface area contributed by atoms with Crippen LogP contribution in [-0.2, 0) is 4.74 Å². The minimum Gasteiger partial charge on any atom is -0.400 e. The van der Waals surface area contributed by atoms with Crippen LogP contribution in [0.15, 0.2) is 33.0 Å². The molecule has 1 aliphatic carbocycles. The number of ether oxygens (including phenoxy) is 1. The Kier molecular flexibility index (Phi) is 21.2. The first-order valence-electron chi connectivity index (χ1n) is 14.0. The number of allylic oxidation sites excluding steroid dienone is 1. The van der Waals surface area contributed by atoms with Crippen LogP contribution in [-0.4, -0.2) is 67.3 Å². The fourth-order valence-corrected chi connectivity index (χ4v) is 5.17. The average molecular weight is 535 g/mol. The van der Waals surface area contributed by atoms with Crippen LogP contribution in [0.1, 0.15) is 91.9 Å². The van der Waals surface area contributed by atoms with E-state index in [1.165, 1.54) is 31.4 Å². The quantitative estimate of drug-likeness (QED) is 0.158.